The van der Waals surface area contributed by atoms with E-state index < -0.39 is 11.8 Å². The number of β-amino-alcohol motifs (C(OH)–C–C–N with tert-alkyl or cyclic N) is 1. The van der Waals surface area contributed by atoms with Gasteiger partial charge in [-0.2, -0.15) is 0 Å². The third-order valence-corrected chi connectivity index (χ3v) is 3.50. The number of halogens is 1. The Morgan fingerprint density at radius 1 is 1.32 bits per heavy atom. The second-order valence-corrected chi connectivity index (χ2v) is 5.16. The van der Waals surface area contributed by atoms with E-state index in [0.29, 0.717) is 10.7 Å². The zero-order chi connectivity index (χ0) is 15.7. The van der Waals surface area contributed by atoms with Gasteiger partial charge >= 0.3 is 0 Å². The molecule has 3 rings (SSSR count). The largest absolute Gasteiger partial charge is 0.395 e. The summed E-state index contributed by atoms with van der Waals surface area (Å²) < 4.78 is 0. The van der Waals surface area contributed by atoms with E-state index >= 15 is 0 Å². The summed E-state index contributed by atoms with van der Waals surface area (Å²) in [4.78, 5) is 29.1. The quantitative estimate of drug-likeness (QED) is 0.836. The van der Waals surface area contributed by atoms with E-state index in [0.717, 1.165) is 15.8 Å². The molecule has 1 aliphatic heterocycles. The van der Waals surface area contributed by atoms with Crippen molar-refractivity contribution in [1.82, 2.24) is 9.88 Å². The van der Waals surface area contributed by atoms with E-state index in [1.165, 1.54) is 6.08 Å². The highest BCUT2D eigenvalue weighted by Crippen LogP contribution is 2.27. The fraction of sp³-hybridized carbons (Fsp3) is 0.133. The Hall–Kier alpha value is -2.44. The third-order valence-electron chi connectivity index (χ3n) is 3.29. The molecule has 1 aromatic heterocycles. The molecule has 0 saturated heterocycles. The molecule has 22 heavy (non-hydrogen) atoms. The summed E-state index contributed by atoms with van der Waals surface area (Å²) in [5, 5.41) is 13.1. The van der Waals surface area contributed by atoms with Crippen molar-refractivity contribution < 1.29 is 14.7 Å². The molecule has 7 heteroatoms. The van der Waals surface area contributed by atoms with Gasteiger partial charge in [0.05, 0.1) is 23.7 Å². The minimum atomic E-state index is -0.467. The number of nitrogens with zero attached hydrogens (tertiary/aromatic N) is 2. The van der Waals surface area contributed by atoms with Gasteiger partial charge in [-0.05, 0) is 18.2 Å². The molecule has 2 heterocycles. The summed E-state index contributed by atoms with van der Waals surface area (Å²) in [7, 11) is 0. The van der Waals surface area contributed by atoms with Gasteiger partial charge in [0.1, 0.15) is 5.70 Å². The van der Waals surface area contributed by atoms with Crippen LogP contribution in [0.4, 0.5) is 5.69 Å². The Morgan fingerprint density at radius 3 is 2.91 bits per heavy atom. The van der Waals surface area contributed by atoms with Gasteiger partial charge in [0.15, 0.2) is 0 Å². The number of rotatable bonds is 4. The molecule has 0 unspecified atom stereocenters. The van der Waals surface area contributed by atoms with Crippen molar-refractivity contribution in [3.05, 3.63) is 47.3 Å². The molecule has 1 aliphatic rings. The molecule has 2 N–H and O–H groups in total. The number of aliphatic hydroxyl groups is 1. The number of hydrogen-bond acceptors (Lipinski definition) is 5. The molecule has 0 fully saturated rings. The van der Waals surface area contributed by atoms with Crippen molar-refractivity contribution in [2.75, 3.05) is 18.5 Å². The molecule has 0 saturated carbocycles. The number of aliphatic hydroxyl groups excluding tert-OH is 1. The first-order chi connectivity index (χ1) is 10.6. The smallest absolute Gasteiger partial charge is 0.277 e. The molecule has 0 aliphatic carbocycles. The molecule has 1 aromatic carbocycles. The van der Waals surface area contributed by atoms with Gasteiger partial charge in [-0.3, -0.25) is 19.5 Å². The van der Waals surface area contributed by atoms with Gasteiger partial charge in [-0.15, -0.1) is 0 Å². The standard InChI is InChI=1S/C15H12ClN3O3/c16-9-6-10-11(17-8-9)2-1-3-12(10)18-13-7-14(21)19(4-5-20)15(13)22/h1-3,6-8,18,20H,4-5H2. The number of benzene rings is 1. The molecule has 2 aromatic rings. The topological polar surface area (TPSA) is 82.5 Å². The fourth-order valence-corrected chi connectivity index (χ4v) is 2.45. The molecule has 0 spiro atoms. The predicted molar refractivity (Wildman–Crippen MR) is 82.3 cm³/mol. The normalized spacial score (nSPS) is 14.6. The summed E-state index contributed by atoms with van der Waals surface area (Å²) >= 11 is 5.96. The van der Waals surface area contributed by atoms with Gasteiger partial charge in [0.2, 0.25) is 0 Å². The Bertz CT molecular complexity index is 804. The number of nitrogens with one attached hydrogen (secondary N) is 1. The van der Waals surface area contributed by atoms with Crippen LogP contribution in [0.15, 0.2) is 42.2 Å². The van der Waals surface area contributed by atoms with Crippen molar-refractivity contribution >= 4 is 40.0 Å². The highest BCUT2D eigenvalue weighted by Gasteiger charge is 2.30. The van der Waals surface area contributed by atoms with E-state index in [4.69, 9.17) is 16.7 Å². The van der Waals surface area contributed by atoms with Crippen molar-refractivity contribution in [3.8, 4) is 0 Å². The second kappa shape index (κ2) is 5.75. The summed E-state index contributed by atoms with van der Waals surface area (Å²) in [5.74, 6) is -0.913. The average Bonchev–Trinajstić information content (AvgIpc) is 2.76. The molecule has 6 nitrogen and oxygen atoms in total. The number of anilines is 1. The average molecular weight is 318 g/mol. The zero-order valence-electron chi connectivity index (χ0n) is 11.4. The first-order valence-corrected chi connectivity index (χ1v) is 6.97. The lowest BCUT2D eigenvalue weighted by Crippen LogP contribution is -2.34. The second-order valence-electron chi connectivity index (χ2n) is 4.73. The van der Waals surface area contributed by atoms with Crippen molar-refractivity contribution in [2.45, 2.75) is 0 Å². The van der Waals surface area contributed by atoms with Crippen LogP contribution in [0.3, 0.4) is 0 Å². The number of amides is 2. The van der Waals surface area contributed by atoms with Crippen LogP contribution < -0.4 is 5.32 Å². The number of hydrogen-bond donors (Lipinski definition) is 2. The number of carbonyl (C=O) groups excluding carboxylic acids is 2. The van der Waals surface area contributed by atoms with Crippen LogP contribution in [0.2, 0.25) is 5.02 Å². The van der Waals surface area contributed by atoms with Gasteiger partial charge in [0, 0.05) is 23.3 Å². The zero-order valence-corrected chi connectivity index (χ0v) is 12.2. The van der Waals surface area contributed by atoms with E-state index in [2.05, 4.69) is 10.3 Å². The first-order valence-electron chi connectivity index (χ1n) is 6.60. The van der Waals surface area contributed by atoms with Gasteiger partial charge in [-0.1, -0.05) is 17.7 Å². The lowest BCUT2D eigenvalue weighted by Gasteiger charge is -2.14. The summed E-state index contributed by atoms with van der Waals surface area (Å²) in [6.45, 7) is -0.297. The molecular weight excluding hydrogens is 306 g/mol. The molecular formula is C15H12ClN3O3. The molecule has 2 amide bonds. The van der Waals surface area contributed by atoms with Crippen LogP contribution >= 0.6 is 11.6 Å². The maximum Gasteiger partial charge on any atom is 0.277 e. The molecule has 0 bridgehead atoms. The van der Waals surface area contributed by atoms with Crippen LogP contribution in [-0.2, 0) is 9.59 Å². The predicted octanol–water partition coefficient (Wildman–Crippen LogP) is 1.55. The molecule has 0 atom stereocenters. The van der Waals surface area contributed by atoms with Crippen LogP contribution in [-0.4, -0.2) is 40.0 Å². The van der Waals surface area contributed by atoms with Gasteiger partial charge in [-0.25, -0.2) is 0 Å². The third kappa shape index (κ3) is 2.54. The van der Waals surface area contributed by atoms with Crippen molar-refractivity contribution in [3.63, 3.8) is 0 Å². The Kier molecular flexibility index (Phi) is 3.79. The van der Waals surface area contributed by atoms with E-state index in [9.17, 15) is 9.59 Å². The number of fused-ring (bicyclic) bond motifs is 1. The summed E-state index contributed by atoms with van der Waals surface area (Å²) in [6, 6.07) is 7.12. The Labute approximate surface area is 131 Å². The lowest BCUT2D eigenvalue weighted by molar-refractivity contribution is -0.137. The number of aromatic nitrogens is 1. The highest BCUT2D eigenvalue weighted by atomic mass is 35.5. The van der Waals surface area contributed by atoms with E-state index in [1.54, 1.807) is 24.4 Å². The SMILES string of the molecule is O=C1C=C(Nc2cccc3ncc(Cl)cc23)C(=O)N1CCO. The number of pyridine rings is 1. The minimum absolute atomic E-state index is 0.0255. The van der Waals surface area contributed by atoms with Gasteiger partial charge in [0.25, 0.3) is 11.8 Å². The van der Waals surface area contributed by atoms with Crippen LogP contribution in [0, 0.1) is 0 Å². The Balaban J connectivity index is 1.94. The molecule has 112 valence electrons. The monoisotopic (exact) mass is 317 g/mol. The van der Waals surface area contributed by atoms with E-state index in [1.807, 2.05) is 6.07 Å². The molecule has 0 radical (unpaired) electrons. The minimum Gasteiger partial charge on any atom is -0.395 e. The summed E-state index contributed by atoms with van der Waals surface area (Å²) in [6.07, 6.45) is 2.76. The first kappa shape index (κ1) is 14.5. The van der Waals surface area contributed by atoms with Crippen LogP contribution in [0.1, 0.15) is 0 Å². The maximum absolute atomic E-state index is 12.1. The maximum atomic E-state index is 12.1. The lowest BCUT2D eigenvalue weighted by atomic mass is 10.1. The number of imide groups is 1. The van der Waals surface area contributed by atoms with Crippen molar-refractivity contribution in [2.24, 2.45) is 0 Å². The van der Waals surface area contributed by atoms with Crippen LogP contribution in [0.5, 0.6) is 0 Å². The highest BCUT2D eigenvalue weighted by molar-refractivity contribution is 6.31. The van der Waals surface area contributed by atoms with Crippen LogP contribution in [0.25, 0.3) is 10.9 Å². The van der Waals surface area contributed by atoms with Crippen molar-refractivity contribution in [1.29, 1.82) is 0 Å². The number of carbonyl (C=O) groups is 2. The fourth-order valence-electron chi connectivity index (χ4n) is 2.29. The summed E-state index contributed by atoms with van der Waals surface area (Å²) in [5.41, 5.74) is 1.51. The van der Waals surface area contributed by atoms with Gasteiger partial charge < -0.3 is 10.4 Å². The van der Waals surface area contributed by atoms with E-state index in [-0.39, 0.29) is 18.8 Å². The Morgan fingerprint density at radius 2 is 2.14 bits per heavy atom.